The van der Waals surface area contributed by atoms with E-state index in [1.165, 1.54) is 6.07 Å². The van der Waals surface area contributed by atoms with Gasteiger partial charge in [-0.1, -0.05) is 18.2 Å². The summed E-state index contributed by atoms with van der Waals surface area (Å²) in [5.74, 6) is -0.262. The van der Waals surface area contributed by atoms with Crippen LogP contribution in [-0.4, -0.2) is 22.3 Å². The van der Waals surface area contributed by atoms with Gasteiger partial charge >= 0.3 is 0 Å². The monoisotopic (exact) mass is 337 g/mol. The minimum absolute atomic E-state index is 0.0621. The molecule has 0 aliphatic carbocycles. The Hall–Kier alpha value is -3.20. The number of nitriles is 1. The van der Waals surface area contributed by atoms with Crippen molar-refractivity contribution in [2.75, 3.05) is 6.54 Å². The van der Waals surface area contributed by atoms with Crippen molar-refractivity contribution in [1.82, 2.24) is 4.90 Å². The fourth-order valence-electron chi connectivity index (χ4n) is 2.71. The summed E-state index contributed by atoms with van der Waals surface area (Å²) < 4.78 is 0. The molecule has 0 heterocycles. The number of rotatable bonds is 5. The van der Waals surface area contributed by atoms with Crippen LogP contribution in [0, 0.1) is 28.4 Å². The molecule has 0 aliphatic rings. The summed E-state index contributed by atoms with van der Waals surface area (Å²) >= 11 is 0. The molecule has 1 amide bonds. The van der Waals surface area contributed by atoms with E-state index >= 15 is 0 Å². The van der Waals surface area contributed by atoms with Crippen LogP contribution in [0.2, 0.25) is 0 Å². The lowest BCUT2D eigenvalue weighted by Crippen LogP contribution is -2.33. The van der Waals surface area contributed by atoms with E-state index in [4.69, 9.17) is 5.26 Å². The summed E-state index contributed by atoms with van der Waals surface area (Å²) in [5.41, 5.74) is 2.20. The predicted octanol–water partition coefficient (Wildman–Crippen LogP) is 4.00. The highest BCUT2D eigenvalue weighted by atomic mass is 16.6. The van der Waals surface area contributed by atoms with Crippen LogP contribution in [-0.2, 0) is 0 Å². The number of aryl methyl sites for hydroxylation is 1. The van der Waals surface area contributed by atoms with Crippen molar-refractivity contribution in [2.45, 2.75) is 26.8 Å². The third-order valence-electron chi connectivity index (χ3n) is 4.24. The molecular formula is C19H19N3O3. The zero-order chi connectivity index (χ0) is 18.6. The topological polar surface area (TPSA) is 87.2 Å². The molecule has 6 nitrogen and oxygen atoms in total. The Morgan fingerprint density at radius 3 is 2.44 bits per heavy atom. The number of hydrogen-bond acceptors (Lipinski definition) is 4. The van der Waals surface area contributed by atoms with E-state index in [-0.39, 0.29) is 17.6 Å². The minimum atomic E-state index is -0.480. The third-order valence-corrected chi connectivity index (χ3v) is 4.24. The molecule has 0 saturated carbocycles. The van der Waals surface area contributed by atoms with E-state index in [1.807, 2.05) is 26.0 Å². The molecule has 6 heteroatoms. The lowest BCUT2D eigenvalue weighted by molar-refractivity contribution is -0.385. The maximum atomic E-state index is 12.9. The quantitative estimate of drug-likeness (QED) is 0.609. The molecule has 0 aromatic heterocycles. The number of nitro benzene ring substituents is 1. The molecule has 0 radical (unpaired) electrons. The zero-order valence-electron chi connectivity index (χ0n) is 14.4. The first-order valence-electron chi connectivity index (χ1n) is 7.95. The molecule has 0 bridgehead atoms. The molecule has 25 heavy (non-hydrogen) atoms. The van der Waals surface area contributed by atoms with E-state index < -0.39 is 4.92 Å². The van der Waals surface area contributed by atoms with Gasteiger partial charge in [-0.25, -0.2) is 0 Å². The molecule has 128 valence electrons. The van der Waals surface area contributed by atoms with E-state index in [1.54, 1.807) is 36.1 Å². The fourth-order valence-corrected chi connectivity index (χ4v) is 2.71. The fraction of sp³-hybridized carbons (Fsp3) is 0.263. The highest BCUT2D eigenvalue weighted by molar-refractivity contribution is 5.95. The second-order valence-electron chi connectivity index (χ2n) is 5.76. The van der Waals surface area contributed by atoms with Gasteiger partial charge in [-0.2, -0.15) is 5.26 Å². The van der Waals surface area contributed by atoms with Gasteiger partial charge in [0.1, 0.15) is 0 Å². The van der Waals surface area contributed by atoms with Crippen molar-refractivity contribution in [3.05, 3.63) is 74.8 Å². The van der Waals surface area contributed by atoms with Crippen LogP contribution in [0.15, 0.2) is 42.5 Å². The number of nitrogens with zero attached hydrogens (tertiary/aromatic N) is 3. The Kier molecular flexibility index (Phi) is 5.50. The SMILES string of the molecule is CCN(C(=O)c1ccc(C)c([N+](=O)[O-])c1)C(C)c1ccc(C#N)cc1. The molecule has 0 fully saturated rings. The van der Waals surface area contributed by atoms with Crippen LogP contribution < -0.4 is 0 Å². The molecule has 1 atom stereocenters. The lowest BCUT2D eigenvalue weighted by Gasteiger charge is -2.28. The van der Waals surface area contributed by atoms with Crippen LogP contribution in [0.4, 0.5) is 5.69 Å². The molecule has 2 rings (SSSR count). The van der Waals surface area contributed by atoms with Crippen LogP contribution in [0.3, 0.4) is 0 Å². The average Bonchev–Trinajstić information content (AvgIpc) is 2.62. The highest BCUT2D eigenvalue weighted by Crippen LogP contribution is 2.25. The zero-order valence-corrected chi connectivity index (χ0v) is 14.4. The Balaban J connectivity index is 2.33. The number of amides is 1. The number of hydrogen-bond donors (Lipinski definition) is 0. The summed E-state index contributed by atoms with van der Waals surface area (Å²) in [5, 5.41) is 20.0. The molecule has 0 saturated heterocycles. The maximum absolute atomic E-state index is 12.9. The second kappa shape index (κ2) is 7.58. The van der Waals surface area contributed by atoms with E-state index in [0.717, 1.165) is 5.56 Å². The smallest absolute Gasteiger partial charge is 0.273 e. The highest BCUT2D eigenvalue weighted by Gasteiger charge is 2.23. The number of benzene rings is 2. The van der Waals surface area contributed by atoms with Crippen LogP contribution in [0.25, 0.3) is 0 Å². The predicted molar refractivity (Wildman–Crippen MR) is 94.1 cm³/mol. The van der Waals surface area contributed by atoms with Gasteiger partial charge in [0, 0.05) is 23.7 Å². The van der Waals surface area contributed by atoms with E-state index in [2.05, 4.69) is 6.07 Å². The lowest BCUT2D eigenvalue weighted by atomic mass is 10.0. The van der Waals surface area contributed by atoms with Gasteiger partial charge in [0.15, 0.2) is 0 Å². The van der Waals surface area contributed by atoms with Crippen molar-refractivity contribution in [1.29, 1.82) is 5.26 Å². The Morgan fingerprint density at radius 1 is 1.28 bits per heavy atom. The van der Waals surface area contributed by atoms with Crippen molar-refractivity contribution in [2.24, 2.45) is 0 Å². The van der Waals surface area contributed by atoms with Gasteiger partial charge in [0.25, 0.3) is 11.6 Å². The third kappa shape index (κ3) is 3.83. The Bertz CT molecular complexity index is 838. The largest absolute Gasteiger partial charge is 0.332 e. The summed E-state index contributed by atoms with van der Waals surface area (Å²) in [7, 11) is 0. The molecule has 0 N–H and O–H groups in total. The number of carbonyl (C=O) groups is 1. The van der Waals surface area contributed by atoms with Gasteiger partial charge in [-0.05, 0) is 44.5 Å². The molecule has 1 unspecified atom stereocenters. The van der Waals surface area contributed by atoms with E-state index in [9.17, 15) is 14.9 Å². The number of carbonyl (C=O) groups excluding carboxylic acids is 1. The first-order chi connectivity index (χ1) is 11.9. The molecular weight excluding hydrogens is 318 g/mol. The Morgan fingerprint density at radius 2 is 1.92 bits per heavy atom. The molecule has 2 aromatic rings. The molecule has 0 aliphatic heterocycles. The molecule has 0 spiro atoms. The summed E-state index contributed by atoms with van der Waals surface area (Å²) in [6, 6.07) is 13.4. The summed E-state index contributed by atoms with van der Waals surface area (Å²) in [6.45, 7) is 5.86. The first-order valence-corrected chi connectivity index (χ1v) is 7.95. The standard InChI is InChI=1S/C19H19N3O3/c1-4-21(14(3)16-9-6-15(12-20)7-10-16)19(23)17-8-5-13(2)18(11-17)22(24)25/h5-11,14H,4H2,1-3H3. The maximum Gasteiger partial charge on any atom is 0.273 e. The van der Waals surface area contributed by atoms with Gasteiger partial charge in [0.2, 0.25) is 0 Å². The van der Waals surface area contributed by atoms with Crippen LogP contribution >= 0.6 is 0 Å². The number of nitro groups is 1. The molecule has 2 aromatic carbocycles. The van der Waals surface area contributed by atoms with Crippen molar-refractivity contribution >= 4 is 11.6 Å². The average molecular weight is 337 g/mol. The Labute approximate surface area is 146 Å². The summed E-state index contributed by atoms with van der Waals surface area (Å²) in [4.78, 5) is 25.1. The normalized spacial score (nSPS) is 11.4. The summed E-state index contributed by atoms with van der Waals surface area (Å²) in [6.07, 6.45) is 0. The van der Waals surface area contributed by atoms with Gasteiger partial charge in [0.05, 0.1) is 22.6 Å². The minimum Gasteiger partial charge on any atom is -0.332 e. The second-order valence-corrected chi connectivity index (χ2v) is 5.76. The van der Waals surface area contributed by atoms with Gasteiger partial charge in [-0.15, -0.1) is 0 Å². The van der Waals surface area contributed by atoms with Crippen molar-refractivity contribution in [3.63, 3.8) is 0 Å². The van der Waals surface area contributed by atoms with Crippen LogP contribution in [0.1, 0.15) is 46.9 Å². The van der Waals surface area contributed by atoms with E-state index in [0.29, 0.717) is 23.2 Å². The van der Waals surface area contributed by atoms with Gasteiger partial charge in [-0.3, -0.25) is 14.9 Å². The first kappa shape index (κ1) is 18.1. The van der Waals surface area contributed by atoms with Crippen LogP contribution in [0.5, 0.6) is 0 Å². The van der Waals surface area contributed by atoms with Crippen molar-refractivity contribution < 1.29 is 9.72 Å². The van der Waals surface area contributed by atoms with Gasteiger partial charge < -0.3 is 4.90 Å². The van der Waals surface area contributed by atoms with Crippen molar-refractivity contribution in [3.8, 4) is 6.07 Å².